The first-order valence-electron chi connectivity index (χ1n) is 12.6. The van der Waals surface area contributed by atoms with Crippen molar-refractivity contribution in [2.75, 3.05) is 50.8 Å². The number of hydrogen-bond acceptors (Lipinski definition) is 5. The first-order chi connectivity index (χ1) is 17.7. The van der Waals surface area contributed by atoms with E-state index < -0.39 is 0 Å². The van der Waals surface area contributed by atoms with Crippen molar-refractivity contribution in [1.29, 1.82) is 0 Å². The number of ether oxygens (including phenoxy) is 3. The van der Waals surface area contributed by atoms with Crippen LogP contribution >= 0.6 is 0 Å². The number of hydrogen-bond donors (Lipinski definition) is 1. The number of H-pyrrole nitrogens is 1. The number of rotatable bonds is 7. The van der Waals surface area contributed by atoms with Crippen molar-refractivity contribution in [3.63, 3.8) is 0 Å². The number of fused-ring (bicyclic) bond motifs is 2. The van der Waals surface area contributed by atoms with Gasteiger partial charge in [0, 0.05) is 43.3 Å². The molecule has 186 valence electrons. The van der Waals surface area contributed by atoms with Crippen LogP contribution < -0.4 is 19.1 Å². The summed E-state index contributed by atoms with van der Waals surface area (Å²) >= 11 is 0. The highest BCUT2D eigenvalue weighted by molar-refractivity contribution is 5.83. The molecular formula is C29H30FN3O3. The summed E-state index contributed by atoms with van der Waals surface area (Å²) < 4.78 is 31.5. The summed E-state index contributed by atoms with van der Waals surface area (Å²) in [5.41, 5.74) is 3.27. The van der Waals surface area contributed by atoms with Crippen molar-refractivity contribution < 1.29 is 18.6 Å². The van der Waals surface area contributed by atoms with Crippen LogP contribution in [-0.2, 0) is 6.42 Å². The van der Waals surface area contributed by atoms with Crippen molar-refractivity contribution in [2.24, 2.45) is 0 Å². The first-order valence-corrected chi connectivity index (χ1v) is 12.6. The number of aromatic nitrogens is 1. The molecule has 3 heterocycles. The van der Waals surface area contributed by atoms with Gasteiger partial charge in [-0.3, -0.25) is 4.90 Å². The molecule has 0 spiro atoms. The Kier molecular flexibility index (Phi) is 6.38. The zero-order chi connectivity index (χ0) is 24.3. The minimum atomic E-state index is -0.184. The van der Waals surface area contributed by atoms with Crippen LogP contribution in [0.3, 0.4) is 0 Å². The Morgan fingerprint density at radius 1 is 0.889 bits per heavy atom. The standard InChI is InChI=1S/C29H30FN3O3/c30-22-10-11-24-23(19-22)21(20-31-24)5-4-12-32-13-15-33(16-14-32)25-6-1-2-7-26(25)36-28-9-3-8-27-29(28)35-18-17-34-27/h1-3,6-11,19-20,31H,4-5,12-18H2. The second kappa shape index (κ2) is 10.1. The van der Waals surface area contributed by atoms with Gasteiger partial charge in [-0.25, -0.2) is 4.39 Å². The summed E-state index contributed by atoms with van der Waals surface area (Å²) in [4.78, 5) is 8.15. The van der Waals surface area contributed by atoms with Crippen molar-refractivity contribution >= 4 is 16.6 Å². The maximum atomic E-state index is 13.7. The molecule has 6 rings (SSSR count). The molecule has 3 aromatic carbocycles. The van der Waals surface area contributed by atoms with Crippen LogP contribution in [0.2, 0.25) is 0 Å². The molecule has 2 aliphatic heterocycles. The zero-order valence-electron chi connectivity index (χ0n) is 20.2. The first kappa shape index (κ1) is 22.7. The molecule has 0 aliphatic carbocycles. The van der Waals surface area contributed by atoms with Crippen LogP contribution in [0.4, 0.5) is 10.1 Å². The molecule has 7 heteroatoms. The van der Waals surface area contributed by atoms with E-state index in [4.69, 9.17) is 14.2 Å². The summed E-state index contributed by atoms with van der Waals surface area (Å²) in [7, 11) is 0. The highest BCUT2D eigenvalue weighted by Crippen LogP contribution is 2.43. The number of aryl methyl sites for hydroxylation is 1. The largest absolute Gasteiger partial charge is 0.486 e. The minimum absolute atomic E-state index is 0.184. The van der Waals surface area contributed by atoms with Gasteiger partial charge in [0.15, 0.2) is 17.2 Å². The number of anilines is 1. The molecule has 6 nitrogen and oxygen atoms in total. The van der Waals surface area contributed by atoms with E-state index in [0.29, 0.717) is 24.7 Å². The topological polar surface area (TPSA) is 50.0 Å². The summed E-state index contributed by atoms with van der Waals surface area (Å²) in [6.07, 6.45) is 4.00. The zero-order valence-corrected chi connectivity index (χ0v) is 20.2. The normalized spacial score (nSPS) is 15.9. The van der Waals surface area contributed by atoms with Gasteiger partial charge in [0.05, 0.1) is 5.69 Å². The molecular weight excluding hydrogens is 457 g/mol. The fraction of sp³-hybridized carbons (Fsp3) is 0.310. The van der Waals surface area contributed by atoms with E-state index in [1.165, 1.54) is 11.6 Å². The van der Waals surface area contributed by atoms with Crippen molar-refractivity contribution in [3.8, 4) is 23.0 Å². The fourth-order valence-electron chi connectivity index (χ4n) is 5.11. The number of para-hydroxylation sites is 3. The molecule has 0 atom stereocenters. The average Bonchev–Trinajstić information content (AvgIpc) is 3.32. The van der Waals surface area contributed by atoms with E-state index in [1.54, 1.807) is 6.07 Å². The molecule has 0 unspecified atom stereocenters. The van der Waals surface area contributed by atoms with E-state index >= 15 is 0 Å². The molecule has 1 N–H and O–H groups in total. The van der Waals surface area contributed by atoms with Gasteiger partial charge in [-0.15, -0.1) is 0 Å². The number of nitrogens with one attached hydrogen (secondary N) is 1. The van der Waals surface area contributed by atoms with Crippen molar-refractivity contribution in [3.05, 3.63) is 78.2 Å². The van der Waals surface area contributed by atoms with Gasteiger partial charge in [-0.1, -0.05) is 18.2 Å². The number of nitrogens with zero attached hydrogens (tertiary/aromatic N) is 2. The Hall–Kier alpha value is -3.71. The molecule has 2 aliphatic rings. The Labute approximate surface area is 210 Å². The van der Waals surface area contributed by atoms with Crippen molar-refractivity contribution in [1.82, 2.24) is 9.88 Å². The summed E-state index contributed by atoms with van der Waals surface area (Å²) in [5, 5.41) is 0.994. The summed E-state index contributed by atoms with van der Waals surface area (Å²) in [6.45, 7) is 5.96. The van der Waals surface area contributed by atoms with Gasteiger partial charge in [-0.05, 0) is 67.4 Å². The molecule has 0 bridgehead atoms. The van der Waals surface area contributed by atoms with Crippen LogP contribution in [0, 0.1) is 5.82 Å². The smallest absolute Gasteiger partial charge is 0.204 e. The lowest BCUT2D eigenvalue weighted by molar-refractivity contribution is 0.166. The third kappa shape index (κ3) is 4.71. The predicted molar refractivity (Wildman–Crippen MR) is 139 cm³/mol. The molecule has 0 saturated carbocycles. The Morgan fingerprint density at radius 2 is 1.72 bits per heavy atom. The third-order valence-corrected chi connectivity index (χ3v) is 6.98. The van der Waals surface area contributed by atoms with Crippen LogP contribution in [-0.4, -0.2) is 55.8 Å². The molecule has 1 saturated heterocycles. The quantitative estimate of drug-likeness (QED) is 0.366. The molecule has 4 aromatic rings. The Balaban J connectivity index is 1.06. The van der Waals surface area contributed by atoms with E-state index in [9.17, 15) is 4.39 Å². The Bertz CT molecular complexity index is 1350. The second-order valence-electron chi connectivity index (χ2n) is 9.29. The van der Waals surface area contributed by atoms with Gasteiger partial charge in [-0.2, -0.15) is 0 Å². The maximum Gasteiger partial charge on any atom is 0.204 e. The monoisotopic (exact) mass is 487 g/mol. The van der Waals surface area contributed by atoms with Crippen LogP contribution in [0.15, 0.2) is 66.9 Å². The lowest BCUT2D eigenvalue weighted by atomic mass is 10.1. The lowest BCUT2D eigenvalue weighted by Crippen LogP contribution is -2.46. The molecule has 0 radical (unpaired) electrons. The third-order valence-electron chi connectivity index (χ3n) is 6.98. The van der Waals surface area contributed by atoms with Crippen LogP contribution in [0.5, 0.6) is 23.0 Å². The van der Waals surface area contributed by atoms with Gasteiger partial charge in [0.2, 0.25) is 5.75 Å². The minimum Gasteiger partial charge on any atom is -0.486 e. The number of piperazine rings is 1. The second-order valence-corrected chi connectivity index (χ2v) is 9.29. The lowest BCUT2D eigenvalue weighted by Gasteiger charge is -2.36. The number of aromatic amines is 1. The summed E-state index contributed by atoms with van der Waals surface area (Å²) in [6, 6.07) is 18.9. The number of benzene rings is 3. The van der Waals surface area contributed by atoms with E-state index in [0.717, 1.165) is 73.7 Å². The van der Waals surface area contributed by atoms with Gasteiger partial charge in [0.25, 0.3) is 0 Å². The summed E-state index contributed by atoms with van der Waals surface area (Å²) in [5.74, 6) is 2.70. The predicted octanol–water partition coefficient (Wildman–Crippen LogP) is 5.63. The highest BCUT2D eigenvalue weighted by Gasteiger charge is 2.22. The molecule has 36 heavy (non-hydrogen) atoms. The van der Waals surface area contributed by atoms with E-state index in [1.807, 2.05) is 42.6 Å². The molecule has 0 amide bonds. The molecule has 1 aromatic heterocycles. The molecule has 1 fully saturated rings. The fourth-order valence-corrected chi connectivity index (χ4v) is 5.11. The SMILES string of the molecule is Fc1ccc2[nH]cc(CCCN3CCN(c4ccccc4Oc4cccc5c4OCCO5)CC3)c2c1. The number of halogens is 1. The van der Waals surface area contributed by atoms with Gasteiger partial charge in [0.1, 0.15) is 19.0 Å². The van der Waals surface area contributed by atoms with Crippen LogP contribution in [0.1, 0.15) is 12.0 Å². The maximum absolute atomic E-state index is 13.7. The highest BCUT2D eigenvalue weighted by atomic mass is 19.1. The van der Waals surface area contributed by atoms with E-state index in [-0.39, 0.29) is 5.82 Å². The van der Waals surface area contributed by atoms with Gasteiger partial charge >= 0.3 is 0 Å². The van der Waals surface area contributed by atoms with Crippen molar-refractivity contribution in [2.45, 2.75) is 12.8 Å². The van der Waals surface area contributed by atoms with Gasteiger partial charge < -0.3 is 24.1 Å². The van der Waals surface area contributed by atoms with E-state index in [2.05, 4.69) is 26.9 Å². The Morgan fingerprint density at radius 3 is 2.64 bits per heavy atom. The average molecular weight is 488 g/mol. The van der Waals surface area contributed by atoms with Crippen LogP contribution in [0.25, 0.3) is 10.9 Å².